The van der Waals surface area contributed by atoms with Crippen molar-refractivity contribution in [1.29, 1.82) is 0 Å². The summed E-state index contributed by atoms with van der Waals surface area (Å²) in [5, 5.41) is 29.2. The highest BCUT2D eigenvalue weighted by Crippen LogP contribution is 2.38. The molecule has 0 radical (unpaired) electrons. The van der Waals surface area contributed by atoms with Gasteiger partial charge in [-0.15, -0.1) is 0 Å². The maximum absolute atomic E-state index is 13.1. The summed E-state index contributed by atoms with van der Waals surface area (Å²) in [6.07, 6.45) is 1.70. The summed E-state index contributed by atoms with van der Waals surface area (Å²) < 4.78 is 5.97. The van der Waals surface area contributed by atoms with Gasteiger partial charge in [-0.25, -0.2) is 0 Å². The van der Waals surface area contributed by atoms with Gasteiger partial charge in [0.1, 0.15) is 5.76 Å². The van der Waals surface area contributed by atoms with E-state index in [2.05, 4.69) is 6.92 Å². The topological polar surface area (TPSA) is 90.2 Å². The van der Waals surface area contributed by atoms with Crippen molar-refractivity contribution in [3.05, 3.63) is 23.2 Å². The van der Waals surface area contributed by atoms with E-state index in [9.17, 15) is 20.1 Å². The molecule has 0 bridgehead atoms. The Balaban J connectivity index is 3.36. The number of aliphatic hydroxyl groups is 3. The monoisotopic (exact) mass is 369 g/mol. The van der Waals surface area contributed by atoms with E-state index in [1.165, 1.54) is 4.90 Å². The molecular formula is C20H35NO5. The zero-order chi connectivity index (χ0) is 20.1. The number of rotatable bonds is 10. The number of unbranched alkanes of at least 4 members (excludes halogenated alkanes) is 1. The maximum atomic E-state index is 13.1. The van der Waals surface area contributed by atoms with Gasteiger partial charge in [-0.3, -0.25) is 4.79 Å². The highest BCUT2D eigenvalue weighted by Gasteiger charge is 2.38. The molecule has 0 saturated carbocycles. The summed E-state index contributed by atoms with van der Waals surface area (Å²) >= 11 is 0. The third-order valence-electron chi connectivity index (χ3n) is 4.99. The lowest BCUT2D eigenvalue weighted by atomic mass is 9.77. The van der Waals surface area contributed by atoms with Crippen molar-refractivity contribution in [3.8, 4) is 0 Å². The van der Waals surface area contributed by atoms with Gasteiger partial charge >= 0.3 is 0 Å². The Bertz CT molecular complexity index is 548. The van der Waals surface area contributed by atoms with Crippen LogP contribution in [0.3, 0.4) is 0 Å². The van der Waals surface area contributed by atoms with Crippen molar-refractivity contribution < 1.29 is 24.9 Å². The Morgan fingerprint density at radius 3 is 2.38 bits per heavy atom. The van der Waals surface area contributed by atoms with Gasteiger partial charge in [-0.2, -0.15) is 0 Å². The molecule has 1 rings (SSSR count). The smallest absolute Gasteiger partial charge is 0.169 e. The van der Waals surface area contributed by atoms with Crippen LogP contribution in [0.5, 0.6) is 0 Å². The van der Waals surface area contributed by atoms with Gasteiger partial charge in [0.25, 0.3) is 0 Å². The molecule has 6 heteroatoms. The molecule has 0 fully saturated rings. The first-order chi connectivity index (χ1) is 12.1. The van der Waals surface area contributed by atoms with Gasteiger partial charge in [-0.05, 0) is 19.8 Å². The first-order valence-corrected chi connectivity index (χ1v) is 9.50. The Morgan fingerprint density at radius 2 is 1.92 bits per heavy atom. The average Bonchev–Trinajstić information content (AvgIpc) is 2.55. The van der Waals surface area contributed by atoms with Crippen LogP contribution in [0.15, 0.2) is 23.2 Å². The number of hydrogen-bond acceptors (Lipinski definition) is 6. The van der Waals surface area contributed by atoms with Crippen molar-refractivity contribution in [1.82, 2.24) is 4.90 Å². The molecule has 0 aromatic heterocycles. The highest BCUT2D eigenvalue weighted by atomic mass is 16.5. The van der Waals surface area contributed by atoms with E-state index >= 15 is 0 Å². The number of allylic oxidation sites excluding steroid dienone is 1. The van der Waals surface area contributed by atoms with Gasteiger partial charge in [0.05, 0.1) is 25.0 Å². The Labute approximate surface area is 157 Å². The third kappa shape index (κ3) is 5.32. The molecule has 2 atom stereocenters. The number of β-amino-alcohol motifs (C(OH)–C–C–N with tert-alkyl or cyclic N) is 2. The first-order valence-electron chi connectivity index (χ1n) is 9.50. The minimum atomic E-state index is -1.60. The van der Waals surface area contributed by atoms with Crippen LogP contribution in [0.25, 0.3) is 0 Å². The molecule has 2 unspecified atom stereocenters. The van der Waals surface area contributed by atoms with E-state index in [4.69, 9.17) is 4.74 Å². The molecule has 26 heavy (non-hydrogen) atoms. The molecule has 1 aliphatic heterocycles. The van der Waals surface area contributed by atoms with Crippen molar-refractivity contribution in [3.63, 3.8) is 0 Å². The van der Waals surface area contributed by atoms with Gasteiger partial charge in [0.15, 0.2) is 12.1 Å². The van der Waals surface area contributed by atoms with Crippen molar-refractivity contribution in [2.24, 2.45) is 11.3 Å². The van der Waals surface area contributed by atoms with Crippen LogP contribution in [0.4, 0.5) is 0 Å². The molecule has 3 N–H and O–H groups in total. The molecular weight excluding hydrogens is 334 g/mol. The maximum Gasteiger partial charge on any atom is 0.169 e. The van der Waals surface area contributed by atoms with Crippen LogP contribution in [0.1, 0.15) is 60.8 Å². The number of ether oxygens (including phenoxy) is 1. The van der Waals surface area contributed by atoms with E-state index in [0.717, 1.165) is 12.8 Å². The standard InChI is InChI=1S/C20H35NO5/c1-7-9-10-26-18-13(3)15(19(25)20(5,6)8-2)11-21(12-16(23)24)17(18)14(4)22/h11,13-14,16,22-24H,7-10,12H2,1-6H3. The summed E-state index contributed by atoms with van der Waals surface area (Å²) in [5.74, 6) is 0.236. The zero-order valence-corrected chi connectivity index (χ0v) is 17.0. The Morgan fingerprint density at radius 1 is 1.31 bits per heavy atom. The quantitative estimate of drug-likeness (QED) is 0.405. The fraction of sp³-hybridized carbons (Fsp3) is 0.750. The van der Waals surface area contributed by atoms with Gasteiger partial charge in [-0.1, -0.05) is 41.0 Å². The largest absolute Gasteiger partial charge is 0.495 e. The van der Waals surface area contributed by atoms with Crippen LogP contribution >= 0.6 is 0 Å². The average molecular weight is 370 g/mol. The molecule has 0 amide bonds. The van der Waals surface area contributed by atoms with Crippen molar-refractivity contribution in [2.45, 2.75) is 73.2 Å². The molecule has 1 aliphatic rings. The Kier molecular flexibility index (Phi) is 8.31. The van der Waals surface area contributed by atoms with E-state index in [1.807, 2.05) is 27.7 Å². The first kappa shape index (κ1) is 22.7. The molecule has 0 saturated heterocycles. The minimum Gasteiger partial charge on any atom is -0.495 e. The van der Waals surface area contributed by atoms with Crippen LogP contribution < -0.4 is 0 Å². The molecule has 150 valence electrons. The predicted molar refractivity (Wildman–Crippen MR) is 101 cm³/mol. The summed E-state index contributed by atoms with van der Waals surface area (Å²) in [7, 11) is 0. The molecule has 0 aromatic carbocycles. The van der Waals surface area contributed by atoms with Gasteiger partial charge in [0.2, 0.25) is 0 Å². The Hall–Kier alpha value is -1.37. The summed E-state index contributed by atoms with van der Waals surface area (Å²) in [5.41, 5.74) is 0.515. The van der Waals surface area contributed by atoms with Gasteiger partial charge < -0.3 is 25.0 Å². The van der Waals surface area contributed by atoms with E-state index < -0.39 is 17.8 Å². The fourth-order valence-electron chi connectivity index (χ4n) is 2.96. The van der Waals surface area contributed by atoms with Crippen LogP contribution in [-0.2, 0) is 9.53 Å². The lowest BCUT2D eigenvalue weighted by Crippen LogP contribution is -2.40. The van der Waals surface area contributed by atoms with E-state index in [1.54, 1.807) is 13.1 Å². The zero-order valence-electron chi connectivity index (χ0n) is 17.0. The highest BCUT2D eigenvalue weighted by molar-refractivity contribution is 6.00. The summed E-state index contributed by atoms with van der Waals surface area (Å²) in [4.78, 5) is 14.6. The fourth-order valence-corrected chi connectivity index (χ4v) is 2.96. The number of nitrogens with zero attached hydrogens (tertiary/aromatic N) is 1. The number of carbonyl (C=O) groups excluding carboxylic acids is 1. The van der Waals surface area contributed by atoms with E-state index in [0.29, 0.717) is 30.1 Å². The second kappa shape index (κ2) is 9.53. The third-order valence-corrected chi connectivity index (χ3v) is 4.99. The second-order valence-electron chi connectivity index (χ2n) is 7.63. The molecule has 0 spiro atoms. The molecule has 6 nitrogen and oxygen atoms in total. The van der Waals surface area contributed by atoms with E-state index in [-0.39, 0.29) is 18.2 Å². The molecule has 0 aliphatic carbocycles. The predicted octanol–water partition coefficient (Wildman–Crippen LogP) is 2.55. The number of carbonyl (C=O) groups is 1. The van der Waals surface area contributed by atoms with Crippen molar-refractivity contribution in [2.75, 3.05) is 13.2 Å². The molecule has 1 heterocycles. The van der Waals surface area contributed by atoms with Crippen LogP contribution in [0, 0.1) is 11.3 Å². The number of ketones is 1. The summed E-state index contributed by atoms with van der Waals surface area (Å²) in [6.45, 7) is 11.7. The van der Waals surface area contributed by atoms with Gasteiger partial charge in [0, 0.05) is 23.1 Å². The SMILES string of the molecule is CCCCOC1=C(C(C)O)N(CC(O)O)C=C(C(=O)C(C)(C)CC)C1C. The number of hydrogen-bond donors (Lipinski definition) is 3. The van der Waals surface area contributed by atoms with Crippen LogP contribution in [0.2, 0.25) is 0 Å². The lowest BCUT2D eigenvalue weighted by molar-refractivity contribution is -0.124. The lowest BCUT2D eigenvalue weighted by Gasteiger charge is -2.38. The summed E-state index contributed by atoms with van der Waals surface area (Å²) in [6, 6.07) is 0. The minimum absolute atomic E-state index is 0.00571. The van der Waals surface area contributed by atoms with Crippen LogP contribution in [-0.4, -0.2) is 51.5 Å². The normalized spacial score (nSPS) is 19.7. The van der Waals surface area contributed by atoms with Crippen molar-refractivity contribution >= 4 is 5.78 Å². The molecule has 0 aromatic rings. The second-order valence-corrected chi connectivity index (χ2v) is 7.63. The number of aliphatic hydroxyl groups excluding tert-OH is 2. The number of Topliss-reactive ketones (excluding diaryl/α,β-unsaturated/α-hetero) is 1.